The molecule has 2 aromatic rings. The molecule has 2 heterocycles. The molecule has 2 aliphatic rings. The van der Waals surface area contributed by atoms with E-state index in [-0.39, 0.29) is 17.9 Å². The number of carbonyl (C=O) groups is 2. The molecular formula is C24H29N3O4. The Labute approximate surface area is 182 Å². The number of carbonyl (C=O) groups excluding carboxylic acids is 2. The first kappa shape index (κ1) is 21.2. The van der Waals surface area contributed by atoms with Gasteiger partial charge in [-0.1, -0.05) is 6.07 Å². The average Bonchev–Trinajstić information content (AvgIpc) is 3.42. The molecule has 2 amide bonds. The van der Waals surface area contributed by atoms with Gasteiger partial charge in [-0.15, -0.1) is 0 Å². The SMILES string of the molecule is COc1ccc([C@@H]2CCCN2CC(=O)Nc2ccc(N3CCCC3=O)cc2)c(OC)c1. The van der Waals surface area contributed by atoms with Gasteiger partial charge in [0, 0.05) is 42.0 Å². The van der Waals surface area contributed by atoms with Crippen LogP contribution < -0.4 is 19.7 Å². The fourth-order valence-corrected chi connectivity index (χ4v) is 4.49. The van der Waals surface area contributed by atoms with Crippen LogP contribution in [0.15, 0.2) is 42.5 Å². The van der Waals surface area contributed by atoms with Gasteiger partial charge in [0.25, 0.3) is 0 Å². The Morgan fingerprint density at radius 2 is 1.87 bits per heavy atom. The van der Waals surface area contributed by atoms with Gasteiger partial charge in [0.2, 0.25) is 11.8 Å². The van der Waals surface area contributed by atoms with E-state index in [1.165, 1.54) is 0 Å². The molecule has 2 saturated heterocycles. The number of nitrogens with zero attached hydrogens (tertiary/aromatic N) is 2. The van der Waals surface area contributed by atoms with Crippen LogP contribution in [0.4, 0.5) is 11.4 Å². The van der Waals surface area contributed by atoms with E-state index < -0.39 is 0 Å². The molecule has 164 valence electrons. The Balaban J connectivity index is 1.39. The zero-order valence-corrected chi connectivity index (χ0v) is 18.1. The highest BCUT2D eigenvalue weighted by Crippen LogP contribution is 2.38. The third-order valence-electron chi connectivity index (χ3n) is 6.05. The van der Waals surface area contributed by atoms with E-state index >= 15 is 0 Å². The molecular weight excluding hydrogens is 394 g/mol. The first-order chi connectivity index (χ1) is 15.1. The molecule has 1 atom stereocenters. The van der Waals surface area contributed by atoms with Gasteiger partial charge in [0.1, 0.15) is 11.5 Å². The summed E-state index contributed by atoms with van der Waals surface area (Å²) in [5.74, 6) is 1.64. The molecule has 2 aliphatic heterocycles. The molecule has 1 N–H and O–H groups in total. The summed E-state index contributed by atoms with van der Waals surface area (Å²) < 4.78 is 10.9. The van der Waals surface area contributed by atoms with Crippen molar-refractivity contribution in [3.63, 3.8) is 0 Å². The smallest absolute Gasteiger partial charge is 0.238 e. The standard InChI is InChI=1S/C24H29N3O4/c1-30-19-11-12-20(22(15-19)31-2)21-5-3-13-26(21)16-23(28)25-17-7-9-18(10-8-17)27-14-4-6-24(27)29/h7-12,15,21H,3-6,13-14,16H2,1-2H3,(H,25,28)/t21-/m0/s1. The molecule has 2 aromatic carbocycles. The van der Waals surface area contributed by atoms with Crippen LogP contribution in [0.3, 0.4) is 0 Å². The maximum Gasteiger partial charge on any atom is 0.238 e. The second-order valence-electron chi connectivity index (χ2n) is 7.98. The summed E-state index contributed by atoms with van der Waals surface area (Å²) in [5, 5.41) is 2.98. The summed E-state index contributed by atoms with van der Waals surface area (Å²) in [4.78, 5) is 28.6. The minimum atomic E-state index is -0.0515. The maximum absolute atomic E-state index is 12.7. The van der Waals surface area contributed by atoms with Gasteiger partial charge in [-0.2, -0.15) is 0 Å². The first-order valence-corrected chi connectivity index (χ1v) is 10.8. The highest BCUT2D eigenvalue weighted by Gasteiger charge is 2.30. The van der Waals surface area contributed by atoms with Crippen molar-refractivity contribution >= 4 is 23.2 Å². The van der Waals surface area contributed by atoms with Crippen molar-refractivity contribution in [2.24, 2.45) is 0 Å². The molecule has 0 saturated carbocycles. The molecule has 2 fully saturated rings. The van der Waals surface area contributed by atoms with Crippen LogP contribution in [0.2, 0.25) is 0 Å². The minimum absolute atomic E-state index is 0.0515. The fourth-order valence-electron chi connectivity index (χ4n) is 4.49. The van der Waals surface area contributed by atoms with Crippen LogP contribution in [0.25, 0.3) is 0 Å². The summed E-state index contributed by atoms with van der Waals surface area (Å²) in [5.41, 5.74) is 2.69. The Bertz CT molecular complexity index is 944. The molecule has 4 rings (SSSR count). The first-order valence-electron chi connectivity index (χ1n) is 10.8. The highest BCUT2D eigenvalue weighted by molar-refractivity contribution is 5.96. The molecule has 31 heavy (non-hydrogen) atoms. The van der Waals surface area contributed by atoms with E-state index in [0.717, 1.165) is 60.8 Å². The molecule has 0 aromatic heterocycles. The number of benzene rings is 2. The highest BCUT2D eigenvalue weighted by atomic mass is 16.5. The quantitative estimate of drug-likeness (QED) is 0.737. The number of methoxy groups -OCH3 is 2. The van der Waals surface area contributed by atoms with E-state index in [1.807, 2.05) is 42.5 Å². The number of rotatable bonds is 7. The number of likely N-dealkylation sites (tertiary alicyclic amines) is 1. The van der Waals surface area contributed by atoms with Gasteiger partial charge >= 0.3 is 0 Å². The van der Waals surface area contributed by atoms with Crippen molar-refractivity contribution in [2.75, 3.05) is 44.1 Å². The second kappa shape index (κ2) is 9.39. The van der Waals surface area contributed by atoms with Crippen LogP contribution in [0.1, 0.15) is 37.3 Å². The van der Waals surface area contributed by atoms with Gasteiger partial charge in [-0.25, -0.2) is 0 Å². The maximum atomic E-state index is 12.7. The normalized spacial score (nSPS) is 19.0. The number of ether oxygens (including phenoxy) is 2. The number of hydrogen-bond acceptors (Lipinski definition) is 5. The molecule has 0 unspecified atom stereocenters. The predicted octanol–water partition coefficient (Wildman–Crippen LogP) is 3.61. The third kappa shape index (κ3) is 4.66. The summed E-state index contributed by atoms with van der Waals surface area (Å²) in [6, 6.07) is 13.5. The summed E-state index contributed by atoms with van der Waals surface area (Å²) in [6.45, 7) is 1.94. The lowest BCUT2D eigenvalue weighted by atomic mass is 10.0. The van der Waals surface area contributed by atoms with Gasteiger partial charge < -0.3 is 19.7 Å². The van der Waals surface area contributed by atoms with E-state index in [2.05, 4.69) is 10.2 Å². The van der Waals surface area contributed by atoms with Gasteiger partial charge in [-0.3, -0.25) is 14.5 Å². The number of amides is 2. The van der Waals surface area contributed by atoms with E-state index in [1.54, 1.807) is 19.1 Å². The minimum Gasteiger partial charge on any atom is -0.497 e. The van der Waals surface area contributed by atoms with E-state index in [9.17, 15) is 9.59 Å². The third-order valence-corrected chi connectivity index (χ3v) is 6.05. The largest absolute Gasteiger partial charge is 0.497 e. The van der Waals surface area contributed by atoms with Crippen molar-refractivity contribution in [2.45, 2.75) is 31.7 Å². The molecule has 0 aliphatic carbocycles. The summed E-state index contributed by atoms with van der Waals surface area (Å²) in [7, 11) is 3.29. The predicted molar refractivity (Wildman–Crippen MR) is 120 cm³/mol. The van der Waals surface area contributed by atoms with Crippen LogP contribution in [-0.4, -0.2) is 50.6 Å². The Morgan fingerprint density at radius 3 is 2.55 bits per heavy atom. The van der Waals surface area contributed by atoms with E-state index in [4.69, 9.17) is 9.47 Å². The zero-order valence-electron chi connectivity index (χ0n) is 18.1. The molecule has 7 nitrogen and oxygen atoms in total. The van der Waals surface area contributed by atoms with Crippen LogP contribution in [0.5, 0.6) is 11.5 Å². The Hall–Kier alpha value is -3.06. The van der Waals surface area contributed by atoms with E-state index in [0.29, 0.717) is 13.0 Å². The Kier molecular flexibility index (Phi) is 6.42. The lowest BCUT2D eigenvalue weighted by Crippen LogP contribution is -2.33. The van der Waals surface area contributed by atoms with Gasteiger partial charge in [0.15, 0.2) is 0 Å². The van der Waals surface area contributed by atoms with Gasteiger partial charge in [-0.05, 0) is 56.1 Å². The number of nitrogens with one attached hydrogen (secondary N) is 1. The van der Waals surface area contributed by atoms with Gasteiger partial charge in [0.05, 0.1) is 20.8 Å². The van der Waals surface area contributed by atoms with Crippen molar-refractivity contribution in [1.29, 1.82) is 0 Å². The number of hydrogen-bond donors (Lipinski definition) is 1. The van der Waals surface area contributed by atoms with Crippen LogP contribution in [0, 0.1) is 0 Å². The fraction of sp³-hybridized carbons (Fsp3) is 0.417. The number of anilines is 2. The van der Waals surface area contributed by atoms with Crippen molar-refractivity contribution < 1.29 is 19.1 Å². The lowest BCUT2D eigenvalue weighted by molar-refractivity contribution is -0.118. The molecule has 0 bridgehead atoms. The monoisotopic (exact) mass is 423 g/mol. The summed E-state index contributed by atoms with van der Waals surface area (Å²) >= 11 is 0. The second-order valence-corrected chi connectivity index (χ2v) is 7.98. The molecule has 7 heteroatoms. The lowest BCUT2D eigenvalue weighted by Gasteiger charge is -2.26. The van der Waals surface area contributed by atoms with Crippen molar-refractivity contribution in [1.82, 2.24) is 4.90 Å². The average molecular weight is 424 g/mol. The molecule has 0 spiro atoms. The Morgan fingerprint density at radius 1 is 1.06 bits per heavy atom. The van der Waals surface area contributed by atoms with Crippen LogP contribution in [-0.2, 0) is 9.59 Å². The summed E-state index contributed by atoms with van der Waals surface area (Å²) in [6.07, 6.45) is 3.52. The van der Waals surface area contributed by atoms with Crippen LogP contribution >= 0.6 is 0 Å². The zero-order chi connectivity index (χ0) is 21.8. The van der Waals surface area contributed by atoms with Crippen molar-refractivity contribution in [3.8, 4) is 11.5 Å². The molecule has 0 radical (unpaired) electrons. The van der Waals surface area contributed by atoms with Crippen molar-refractivity contribution in [3.05, 3.63) is 48.0 Å². The topological polar surface area (TPSA) is 71.1 Å².